The molecule has 24 heavy (non-hydrogen) atoms. The lowest BCUT2D eigenvalue weighted by Gasteiger charge is -2.11. The van der Waals surface area contributed by atoms with Gasteiger partial charge in [-0.15, -0.1) is 11.8 Å². The molecule has 2 aromatic rings. The number of nitrogens with one attached hydrogen (secondary N) is 1. The number of thioether (sulfide) groups is 1. The van der Waals surface area contributed by atoms with Gasteiger partial charge in [-0.05, 0) is 68.5 Å². The summed E-state index contributed by atoms with van der Waals surface area (Å²) in [6, 6.07) is 14.1. The second-order valence-corrected chi connectivity index (χ2v) is 6.68. The molecule has 0 aliphatic heterocycles. The summed E-state index contributed by atoms with van der Waals surface area (Å²) in [5, 5.41) is 3.11. The smallest absolute Gasteiger partial charge is 0.193 e. The van der Waals surface area contributed by atoms with Crippen molar-refractivity contribution in [2.45, 2.75) is 38.3 Å². The van der Waals surface area contributed by atoms with Crippen molar-refractivity contribution in [2.75, 3.05) is 11.6 Å². The van der Waals surface area contributed by atoms with E-state index in [1.54, 1.807) is 11.8 Å². The molecule has 128 valence electrons. The number of hydrogen-bond donors (Lipinski definition) is 2. The Bertz CT molecular complexity index is 696. The van der Waals surface area contributed by atoms with E-state index in [0.29, 0.717) is 12.5 Å². The molecule has 0 aliphatic rings. The third kappa shape index (κ3) is 5.49. The third-order valence-corrected chi connectivity index (χ3v) is 4.18. The molecule has 0 saturated heterocycles. The summed E-state index contributed by atoms with van der Waals surface area (Å²) in [7, 11) is 0. The standard InChI is InChI=1S/C19H25N3OS/c1-13(2)23-17-9-7-16(8-10-17)22-19(20)21-12-15-6-5-14(3)11-18(15)24-4/h5-11,13H,12H2,1-4H3,(H3,20,21,22). The minimum absolute atomic E-state index is 0.163. The van der Waals surface area contributed by atoms with Gasteiger partial charge in [0.15, 0.2) is 5.96 Å². The number of hydrogen-bond acceptors (Lipinski definition) is 3. The molecular weight excluding hydrogens is 318 g/mol. The zero-order valence-corrected chi connectivity index (χ0v) is 15.5. The molecule has 0 bridgehead atoms. The van der Waals surface area contributed by atoms with Crippen LogP contribution in [-0.4, -0.2) is 18.3 Å². The summed E-state index contributed by atoms with van der Waals surface area (Å²) in [6.07, 6.45) is 2.24. The van der Waals surface area contributed by atoms with Crippen molar-refractivity contribution in [2.24, 2.45) is 10.7 Å². The Morgan fingerprint density at radius 3 is 2.54 bits per heavy atom. The molecule has 4 nitrogen and oxygen atoms in total. The highest BCUT2D eigenvalue weighted by Gasteiger charge is 2.03. The molecule has 2 rings (SSSR count). The van der Waals surface area contributed by atoms with Gasteiger partial charge in [0.25, 0.3) is 0 Å². The molecule has 0 aliphatic carbocycles. The molecule has 5 heteroatoms. The largest absolute Gasteiger partial charge is 0.491 e. The predicted octanol–water partition coefficient (Wildman–Crippen LogP) is 4.43. The van der Waals surface area contributed by atoms with Crippen molar-refractivity contribution in [1.82, 2.24) is 0 Å². The predicted molar refractivity (Wildman–Crippen MR) is 104 cm³/mol. The molecule has 2 aromatic carbocycles. The van der Waals surface area contributed by atoms with Gasteiger partial charge in [-0.3, -0.25) is 0 Å². The van der Waals surface area contributed by atoms with Gasteiger partial charge in [-0.1, -0.05) is 12.1 Å². The van der Waals surface area contributed by atoms with E-state index in [4.69, 9.17) is 10.5 Å². The van der Waals surface area contributed by atoms with Crippen molar-refractivity contribution >= 4 is 23.4 Å². The highest BCUT2D eigenvalue weighted by atomic mass is 32.2. The number of guanidine groups is 1. The molecule has 0 spiro atoms. The summed E-state index contributed by atoms with van der Waals surface area (Å²) in [4.78, 5) is 5.68. The number of nitrogens with zero attached hydrogens (tertiary/aromatic N) is 1. The highest BCUT2D eigenvalue weighted by Crippen LogP contribution is 2.22. The molecule has 0 fully saturated rings. The molecule has 0 heterocycles. The van der Waals surface area contributed by atoms with Gasteiger partial charge in [0, 0.05) is 10.6 Å². The number of nitrogens with two attached hydrogens (primary N) is 1. The topological polar surface area (TPSA) is 59.6 Å². The van der Waals surface area contributed by atoms with Crippen LogP contribution in [0.5, 0.6) is 5.75 Å². The normalized spacial score (nSPS) is 11.6. The molecule has 0 radical (unpaired) electrons. The van der Waals surface area contributed by atoms with Crippen molar-refractivity contribution in [3.63, 3.8) is 0 Å². The molecule has 0 amide bonds. The minimum atomic E-state index is 0.163. The first-order valence-corrected chi connectivity index (χ1v) is 9.17. The minimum Gasteiger partial charge on any atom is -0.491 e. The van der Waals surface area contributed by atoms with Crippen LogP contribution in [-0.2, 0) is 6.54 Å². The van der Waals surface area contributed by atoms with Gasteiger partial charge in [0.2, 0.25) is 0 Å². The maximum absolute atomic E-state index is 5.99. The average molecular weight is 343 g/mol. The van der Waals surface area contributed by atoms with Crippen molar-refractivity contribution in [1.29, 1.82) is 0 Å². The van der Waals surface area contributed by atoms with Crippen LogP contribution >= 0.6 is 11.8 Å². The van der Waals surface area contributed by atoms with E-state index in [1.807, 2.05) is 38.1 Å². The van der Waals surface area contributed by atoms with Crippen LogP contribution in [0.3, 0.4) is 0 Å². The first-order valence-electron chi connectivity index (χ1n) is 7.95. The molecule has 0 atom stereocenters. The maximum atomic E-state index is 5.99. The fourth-order valence-electron chi connectivity index (χ4n) is 2.23. The lowest BCUT2D eigenvalue weighted by Crippen LogP contribution is -2.22. The van der Waals surface area contributed by atoms with Gasteiger partial charge in [-0.2, -0.15) is 0 Å². The van der Waals surface area contributed by atoms with E-state index >= 15 is 0 Å². The number of ether oxygens (including phenoxy) is 1. The van der Waals surface area contributed by atoms with E-state index in [9.17, 15) is 0 Å². The fraction of sp³-hybridized carbons (Fsp3) is 0.316. The van der Waals surface area contributed by atoms with Crippen LogP contribution in [0, 0.1) is 6.92 Å². The third-order valence-electron chi connectivity index (χ3n) is 3.36. The lowest BCUT2D eigenvalue weighted by atomic mass is 10.1. The second-order valence-electron chi connectivity index (χ2n) is 5.83. The van der Waals surface area contributed by atoms with E-state index in [0.717, 1.165) is 11.4 Å². The van der Waals surface area contributed by atoms with Gasteiger partial charge >= 0.3 is 0 Å². The zero-order valence-electron chi connectivity index (χ0n) is 14.7. The van der Waals surface area contributed by atoms with Crippen LogP contribution in [0.4, 0.5) is 5.69 Å². The summed E-state index contributed by atoms with van der Waals surface area (Å²) < 4.78 is 5.62. The Hall–Kier alpha value is -2.14. The Morgan fingerprint density at radius 1 is 1.21 bits per heavy atom. The van der Waals surface area contributed by atoms with Crippen LogP contribution < -0.4 is 15.8 Å². The van der Waals surface area contributed by atoms with Gasteiger partial charge in [-0.25, -0.2) is 4.99 Å². The number of rotatable bonds is 6. The van der Waals surface area contributed by atoms with Crippen molar-refractivity contribution in [3.05, 3.63) is 53.6 Å². The Morgan fingerprint density at radius 2 is 1.92 bits per heavy atom. The second kappa shape index (κ2) is 8.64. The molecule has 0 saturated carbocycles. The number of aryl methyl sites for hydroxylation is 1. The summed E-state index contributed by atoms with van der Waals surface area (Å²) in [5.74, 6) is 1.25. The van der Waals surface area contributed by atoms with Gasteiger partial charge < -0.3 is 15.8 Å². The summed E-state index contributed by atoms with van der Waals surface area (Å²) in [5.41, 5.74) is 9.32. The van der Waals surface area contributed by atoms with Crippen LogP contribution in [0.15, 0.2) is 52.4 Å². The summed E-state index contributed by atoms with van der Waals surface area (Å²) >= 11 is 1.73. The maximum Gasteiger partial charge on any atom is 0.193 e. The number of aliphatic imine (C=N–C) groups is 1. The van der Waals surface area contributed by atoms with E-state index in [-0.39, 0.29) is 6.10 Å². The SMILES string of the molecule is CSc1cc(C)ccc1CN=C(N)Nc1ccc(OC(C)C)cc1. The Kier molecular flexibility index (Phi) is 6.55. The number of anilines is 1. The van der Waals surface area contributed by atoms with Crippen molar-refractivity contribution < 1.29 is 4.74 Å². The van der Waals surface area contributed by atoms with Crippen LogP contribution in [0.1, 0.15) is 25.0 Å². The average Bonchev–Trinajstić information content (AvgIpc) is 2.55. The van der Waals surface area contributed by atoms with Crippen LogP contribution in [0.2, 0.25) is 0 Å². The highest BCUT2D eigenvalue weighted by molar-refractivity contribution is 7.98. The Balaban J connectivity index is 1.99. The molecule has 3 N–H and O–H groups in total. The molecule has 0 unspecified atom stereocenters. The lowest BCUT2D eigenvalue weighted by molar-refractivity contribution is 0.242. The van der Waals surface area contributed by atoms with Crippen molar-refractivity contribution in [3.8, 4) is 5.75 Å². The zero-order chi connectivity index (χ0) is 17.5. The number of benzene rings is 2. The monoisotopic (exact) mass is 343 g/mol. The summed E-state index contributed by atoms with van der Waals surface area (Å²) in [6.45, 7) is 6.66. The van der Waals surface area contributed by atoms with E-state index in [2.05, 4.69) is 41.7 Å². The Labute approximate surface area is 148 Å². The first-order chi connectivity index (χ1) is 11.5. The molecular formula is C19H25N3OS. The van der Waals surface area contributed by atoms with Gasteiger partial charge in [0.05, 0.1) is 12.6 Å². The van der Waals surface area contributed by atoms with E-state index < -0.39 is 0 Å². The fourth-order valence-corrected chi connectivity index (χ4v) is 2.93. The first kappa shape index (κ1) is 18.2. The van der Waals surface area contributed by atoms with E-state index in [1.165, 1.54) is 16.0 Å². The van der Waals surface area contributed by atoms with Crippen LogP contribution in [0.25, 0.3) is 0 Å². The molecule has 0 aromatic heterocycles. The quantitative estimate of drug-likeness (QED) is 0.463. The van der Waals surface area contributed by atoms with Gasteiger partial charge in [0.1, 0.15) is 5.75 Å².